The normalized spacial score (nSPS) is 10.8. The maximum atomic E-state index is 12.0. The zero-order valence-corrected chi connectivity index (χ0v) is 12.9. The second kappa shape index (κ2) is 6.67. The van der Waals surface area contributed by atoms with Gasteiger partial charge in [0.15, 0.2) is 0 Å². The predicted octanol–water partition coefficient (Wildman–Crippen LogP) is 3.72. The van der Waals surface area contributed by atoms with Crippen LogP contribution in [0.15, 0.2) is 54.7 Å². The summed E-state index contributed by atoms with van der Waals surface area (Å²) < 4.78 is 0. The van der Waals surface area contributed by atoms with Crippen LogP contribution in [0.1, 0.15) is 11.1 Å². The number of nitrogens with one attached hydrogen (secondary N) is 2. The van der Waals surface area contributed by atoms with Gasteiger partial charge in [0.2, 0.25) is 5.91 Å². The van der Waals surface area contributed by atoms with Crippen molar-refractivity contribution in [3.05, 3.63) is 70.9 Å². The molecule has 1 heterocycles. The minimum absolute atomic E-state index is 0.0259. The number of fused-ring (bicyclic) bond motifs is 1. The SMILES string of the molecule is O=C(Cc1ccc2cc[nH]c2c1)NCCc1ccccc1Cl. The molecule has 0 aliphatic carbocycles. The first kappa shape index (κ1) is 14.7. The molecule has 2 N–H and O–H groups in total. The second-order valence-electron chi connectivity index (χ2n) is 5.27. The van der Waals surface area contributed by atoms with Crippen LogP contribution in [0.4, 0.5) is 0 Å². The standard InChI is InChI=1S/C18H17ClN2O/c19-16-4-2-1-3-14(16)7-10-21-18(22)12-13-5-6-15-8-9-20-17(15)11-13/h1-6,8-9,11,20H,7,10,12H2,(H,21,22). The molecule has 0 saturated heterocycles. The van der Waals surface area contributed by atoms with Crippen LogP contribution in [-0.2, 0) is 17.6 Å². The molecule has 0 aliphatic rings. The minimum atomic E-state index is 0.0259. The lowest BCUT2D eigenvalue weighted by Gasteiger charge is -2.07. The van der Waals surface area contributed by atoms with Crippen LogP contribution in [0.2, 0.25) is 5.02 Å². The molecule has 0 radical (unpaired) electrons. The van der Waals surface area contributed by atoms with Crippen molar-refractivity contribution in [2.45, 2.75) is 12.8 Å². The van der Waals surface area contributed by atoms with Crippen LogP contribution >= 0.6 is 11.6 Å². The number of halogens is 1. The first-order valence-electron chi connectivity index (χ1n) is 7.28. The summed E-state index contributed by atoms with van der Waals surface area (Å²) in [6.07, 6.45) is 3.02. The lowest BCUT2D eigenvalue weighted by molar-refractivity contribution is -0.120. The van der Waals surface area contributed by atoms with Gasteiger partial charge in [-0.3, -0.25) is 4.79 Å². The van der Waals surface area contributed by atoms with E-state index in [1.165, 1.54) is 0 Å². The molecule has 0 bridgehead atoms. The quantitative estimate of drug-likeness (QED) is 0.741. The Kier molecular flexibility index (Phi) is 4.45. The maximum Gasteiger partial charge on any atom is 0.224 e. The summed E-state index contributed by atoms with van der Waals surface area (Å²) in [6.45, 7) is 0.591. The molecule has 3 aromatic rings. The molecule has 0 spiro atoms. The first-order chi connectivity index (χ1) is 10.7. The number of H-pyrrole nitrogens is 1. The number of hydrogen-bond acceptors (Lipinski definition) is 1. The largest absolute Gasteiger partial charge is 0.361 e. The molecule has 1 aromatic heterocycles. The van der Waals surface area contributed by atoms with Crippen LogP contribution in [-0.4, -0.2) is 17.4 Å². The summed E-state index contributed by atoms with van der Waals surface area (Å²) in [4.78, 5) is 15.2. The van der Waals surface area contributed by atoms with Gasteiger partial charge in [0.1, 0.15) is 0 Å². The van der Waals surface area contributed by atoms with Crippen molar-refractivity contribution in [2.75, 3.05) is 6.54 Å². The second-order valence-corrected chi connectivity index (χ2v) is 5.67. The third kappa shape index (κ3) is 3.49. The molecule has 0 fully saturated rings. The molecule has 0 atom stereocenters. The number of hydrogen-bond donors (Lipinski definition) is 2. The number of aromatic nitrogens is 1. The molecule has 0 aliphatic heterocycles. The molecular weight excluding hydrogens is 296 g/mol. The number of amides is 1. The third-order valence-corrected chi connectivity index (χ3v) is 4.03. The smallest absolute Gasteiger partial charge is 0.224 e. The lowest BCUT2D eigenvalue weighted by atomic mass is 10.1. The summed E-state index contributed by atoms with van der Waals surface area (Å²) in [5.41, 5.74) is 3.11. The van der Waals surface area contributed by atoms with Gasteiger partial charge in [-0.05, 0) is 41.1 Å². The molecular formula is C18H17ClN2O. The van der Waals surface area contributed by atoms with Crippen LogP contribution < -0.4 is 5.32 Å². The van der Waals surface area contributed by atoms with Gasteiger partial charge in [-0.2, -0.15) is 0 Å². The molecule has 3 nitrogen and oxygen atoms in total. The van der Waals surface area contributed by atoms with Gasteiger partial charge >= 0.3 is 0 Å². The molecule has 2 aromatic carbocycles. The van der Waals surface area contributed by atoms with E-state index in [9.17, 15) is 4.79 Å². The van der Waals surface area contributed by atoms with Gasteiger partial charge < -0.3 is 10.3 Å². The number of benzene rings is 2. The average Bonchev–Trinajstić information content (AvgIpc) is 2.97. The highest BCUT2D eigenvalue weighted by Gasteiger charge is 2.05. The Morgan fingerprint density at radius 2 is 2.00 bits per heavy atom. The van der Waals surface area contributed by atoms with Crippen molar-refractivity contribution in [3.63, 3.8) is 0 Å². The van der Waals surface area contributed by atoms with Crippen molar-refractivity contribution in [1.29, 1.82) is 0 Å². The highest BCUT2D eigenvalue weighted by atomic mass is 35.5. The Labute approximate surface area is 134 Å². The summed E-state index contributed by atoms with van der Waals surface area (Å²) in [7, 11) is 0. The first-order valence-corrected chi connectivity index (χ1v) is 7.66. The summed E-state index contributed by atoms with van der Waals surface area (Å²) >= 11 is 6.10. The van der Waals surface area contributed by atoms with E-state index in [4.69, 9.17) is 11.6 Å². The highest BCUT2D eigenvalue weighted by molar-refractivity contribution is 6.31. The lowest BCUT2D eigenvalue weighted by Crippen LogP contribution is -2.27. The number of rotatable bonds is 5. The molecule has 3 rings (SSSR count). The predicted molar refractivity (Wildman–Crippen MR) is 90.2 cm³/mol. The van der Waals surface area contributed by atoms with Gasteiger partial charge in [-0.15, -0.1) is 0 Å². The van der Waals surface area contributed by atoms with Gasteiger partial charge in [0.05, 0.1) is 6.42 Å². The van der Waals surface area contributed by atoms with Crippen LogP contribution in [0.5, 0.6) is 0 Å². The van der Waals surface area contributed by atoms with E-state index < -0.39 is 0 Å². The van der Waals surface area contributed by atoms with E-state index >= 15 is 0 Å². The Hall–Kier alpha value is -2.26. The fourth-order valence-electron chi connectivity index (χ4n) is 2.49. The Bertz CT molecular complexity index is 794. The van der Waals surface area contributed by atoms with Gasteiger partial charge in [0, 0.05) is 23.3 Å². The average molecular weight is 313 g/mol. The monoisotopic (exact) mass is 312 g/mol. The molecule has 4 heteroatoms. The van der Waals surface area contributed by atoms with Crippen LogP contribution in [0.3, 0.4) is 0 Å². The molecule has 112 valence electrons. The highest BCUT2D eigenvalue weighted by Crippen LogP contribution is 2.15. The van der Waals surface area contributed by atoms with Gasteiger partial charge in [0.25, 0.3) is 0 Å². The van der Waals surface area contributed by atoms with E-state index in [0.717, 1.165) is 33.5 Å². The molecule has 22 heavy (non-hydrogen) atoms. The number of carbonyl (C=O) groups excluding carboxylic acids is 1. The summed E-state index contributed by atoms with van der Waals surface area (Å²) in [5, 5.41) is 4.84. The van der Waals surface area contributed by atoms with Crippen molar-refractivity contribution in [1.82, 2.24) is 10.3 Å². The van der Waals surface area contributed by atoms with Crippen molar-refractivity contribution >= 4 is 28.4 Å². The Morgan fingerprint density at radius 1 is 1.14 bits per heavy atom. The van der Waals surface area contributed by atoms with Crippen LogP contribution in [0.25, 0.3) is 10.9 Å². The minimum Gasteiger partial charge on any atom is -0.361 e. The van der Waals surface area contributed by atoms with Gasteiger partial charge in [-0.1, -0.05) is 41.9 Å². The van der Waals surface area contributed by atoms with Gasteiger partial charge in [-0.25, -0.2) is 0 Å². The molecule has 1 amide bonds. The maximum absolute atomic E-state index is 12.0. The zero-order valence-electron chi connectivity index (χ0n) is 12.1. The Balaban J connectivity index is 1.53. The topological polar surface area (TPSA) is 44.9 Å². The summed E-state index contributed by atoms with van der Waals surface area (Å²) in [5.74, 6) is 0.0259. The fraction of sp³-hybridized carbons (Fsp3) is 0.167. The van der Waals surface area contributed by atoms with E-state index in [2.05, 4.69) is 10.3 Å². The van der Waals surface area contributed by atoms with E-state index in [-0.39, 0.29) is 5.91 Å². The number of carbonyl (C=O) groups is 1. The molecule has 0 unspecified atom stereocenters. The van der Waals surface area contributed by atoms with E-state index in [1.807, 2.05) is 54.7 Å². The van der Waals surface area contributed by atoms with E-state index in [0.29, 0.717) is 13.0 Å². The third-order valence-electron chi connectivity index (χ3n) is 3.66. The van der Waals surface area contributed by atoms with Crippen molar-refractivity contribution in [3.8, 4) is 0 Å². The summed E-state index contributed by atoms with van der Waals surface area (Å²) in [6, 6.07) is 15.8. The number of aromatic amines is 1. The zero-order chi connectivity index (χ0) is 15.4. The Morgan fingerprint density at radius 3 is 2.86 bits per heavy atom. The van der Waals surface area contributed by atoms with Crippen molar-refractivity contribution < 1.29 is 4.79 Å². The fourth-order valence-corrected chi connectivity index (χ4v) is 2.72. The van der Waals surface area contributed by atoms with E-state index in [1.54, 1.807) is 0 Å². The van der Waals surface area contributed by atoms with Crippen LogP contribution in [0, 0.1) is 0 Å². The van der Waals surface area contributed by atoms with Crippen molar-refractivity contribution in [2.24, 2.45) is 0 Å². The molecule has 0 saturated carbocycles.